The molecule has 0 atom stereocenters. The standard InChI is InChI=1S/C21H30N2O4/c1-3-27-18-6-4-17(5-7-18)20(25)22-12-10-21(11-13-22)9-8-19(24)23(16-21)14-15-26-2/h4-7H,3,8-16H2,1-2H3. The lowest BCUT2D eigenvalue weighted by Gasteiger charge is -2.47. The summed E-state index contributed by atoms with van der Waals surface area (Å²) in [5.41, 5.74) is 0.854. The molecule has 0 N–H and O–H groups in total. The molecular formula is C21H30N2O4. The van der Waals surface area contributed by atoms with E-state index in [1.165, 1.54) is 0 Å². The molecule has 0 aliphatic carbocycles. The molecule has 2 amide bonds. The number of hydrogen-bond acceptors (Lipinski definition) is 4. The van der Waals surface area contributed by atoms with Crippen LogP contribution in [0.3, 0.4) is 0 Å². The molecular weight excluding hydrogens is 344 g/mol. The van der Waals surface area contributed by atoms with Gasteiger partial charge in [0.2, 0.25) is 5.91 Å². The van der Waals surface area contributed by atoms with E-state index in [2.05, 4.69) is 0 Å². The maximum absolute atomic E-state index is 12.8. The molecule has 1 aromatic rings. The second-order valence-corrected chi connectivity index (χ2v) is 7.56. The fraction of sp³-hybridized carbons (Fsp3) is 0.619. The van der Waals surface area contributed by atoms with E-state index in [0.29, 0.717) is 31.7 Å². The Balaban J connectivity index is 1.57. The van der Waals surface area contributed by atoms with Gasteiger partial charge in [-0.2, -0.15) is 0 Å². The third-order valence-electron chi connectivity index (χ3n) is 5.84. The number of ether oxygens (including phenoxy) is 2. The molecule has 2 fully saturated rings. The maximum atomic E-state index is 12.8. The molecule has 27 heavy (non-hydrogen) atoms. The zero-order valence-corrected chi connectivity index (χ0v) is 16.4. The van der Waals surface area contributed by atoms with Crippen molar-refractivity contribution in [2.24, 2.45) is 5.41 Å². The predicted molar refractivity (Wildman–Crippen MR) is 103 cm³/mol. The van der Waals surface area contributed by atoms with Crippen molar-refractivity contribution in [3.63, 3.8) is 0 Å². The van der Waals surface area contributed by atoms with Gasteiger partial charge < -0.3 is 19.3 Å². The van der Waals surface area contributed by atoms with E-state index in [4.69, 9.17) is 9.47 Å². The van der Waals surface area contributed by atoms with Crippen LogP contribution >= 0.6 is 0 Å². The second kappa shape index (κ2) is 8.74. The molecule has 0 unspecified atom stereocenters. The van der Waals surface area contributed by atoms with Crippen LogP contribution in [0.4, 0.5) is 0 Å². The van der Waals surface area contributed by atoms with Gasteiger partial charge in [-0.3, -0.25) is 9.59 Å². The third kappa shape index (κ3) is 4.61. The zero-order chi connectivity index (χ0) is 19.3. The quantitative estimate of drug-likeness (QED) is 0.768. The molecule has 0 aromatic heterocycles. The summed E-state index contributed by atoms with van der Waals surface area (Å²) in [6.45, 7) is 6.08. The molecule has 2 saturated heterocycles. The average Bonchev–Trinajstić information content (AvgIpc) is 2.70. The van der Waals surface area contributed by atoms with Crippen molar-refractivity contribution in [3.8, 4) is 5.75 Å². The molecule has 0 radical (unpaired) electrons. The minimum absolute atomic E-state index is 0.0797. The van der Waals surface area contributed by atoms with E-state index in [0.717, 1.165) is 44.6 Å². The monoisotopic (exact) mass is 374 g/mol. The number of piperidine rings is 2. The molecule has 1 spiro atoms. The summed E-state index contributed by atoms with van der Waals surface area (Å²) in [6, 6.07) is 7.37. The molecule has 148 valence electrons. The van der Waals surface area contributed by atoms with E-state index >= 15 is 0 Å². The first-order chi connectivity index (χ1) is 13.1. The van der Waals surface area contributed by atoms with Crippen molar-refractivity contribution in [1.29, 1.82) is 0 Å². The number of carbonyl (C=O) groups is 2. The molecule has 0 saturated carbocycles. The summed E-state index contributed by atoms with van der Waals surface area (Å²) in [7, 11) is 1.66. The summed E-state index contributed by atoms with van der Waals surface area (Å²) in [4.78, 5) is 28.8. The number of methoxy groups -OCH3 is 1. The van der Waals surface area contributed by atoms with Crippen LogP contribution in [0.15, 0.2) is 24.3 Å². The van der Waals surface area contributed by atoms with Gasteiger partial charge in [-0.1, -0.05) is 0 Å². The predicted octanol–water partition coefficient (Wildman–Crippen LogP) is 2.58. The van der Waals surface area contributed by atoms with Gasteiger partial charge in [0.25, 0.3) is 5.91 Å². The van der Waals surface area contributed by atoms with Crippen molar-refractivity contribution in [1.82, 2.24) is 9.80 Å². The van der Waals surface area contributed by atoms with Gasteiger partial charge in [0.05, 0.1) is 13.2 Å². The van der Waals surface area contributed by atoms with Gasteiger partial charge in [0.1, 0.15) is 5.75 Å². The Hall–Kier alpha value is -2.08. The van der Waals surface area contributed by atoms with Gasteiger partial charge in [0.15, 0.2) is 0 Å². The molecule has 2 aliphatic heterocycles. The van der Waals surface area contributed by atoms with Crippen LogP contribution in [0.2, 0.25) is 0 Å². The van der Waals surface area contributed by atoms with Crippen molar-refractivity contribution < 1.29 is 19.1 Å². The Bertz CT molecular complexity index is 651. The molecule has 6 heteroatoms. The molecule has 1 aromatic carbocycles. The van der Waals surface area contributed by atoms with Crippen LogP contribution < -0.4 is 4.74 Å². The lowest BCUT2D eigenvalue weighted by Crippen LogP contribution is -2.52. The highest BCUT2D eigenvalue weighted by molar-refractivity contribution is 5.94. The van der Waals surface area contributed by atoms with Gasteiger partial charge in [-0.05, 0) is 55.9 Å². The SMILES string of the molecule is CCOc1ccc(C(=O)N2CCC3(CCC(=O)N(CCOC)C3)CC2)cc1. The zero-order valence-electron chi connectivity index (χ0n) is 16.4. The van der Waals surface area contributed by atoms with Gasteiger partial charge in [0, 0.05) is 45.3 Å². The second-order valence-electron chi connectivity index (χ2n) is 7.56. The maximum Gasteiger partial charge on any atom is 0.253 e. The molecule has 6 nitrogen and oxygen atoms in total. The van der Waals surface area contributed by atoms with Crippen LogP contribution in [0.1, 0.15) is 43.0 Å². The minimum atomic E-state index is 0.0797. The molecule has 2 aliphatic rings. The Kier molecular flexibility index (Phi) is 6.37. The lowest BCUT2D eigenvalue weighted by molar-refractivity contribution is -0.139. The van der Waals surface area contributed by atoms with Crippen LogP contribution in [-0.2, 0) is 9.53 Å². The first kappa shape index (κ1) is 19.7. The van der Waals surface area contributed by atoms with E-state index in [9.17, 15) is 9.59 Å². The normalized spacial score (nSPS) is 19.4. The van der Waals surface area contributed by atoms with Crippen molar-refractivity contribution in [3.05, 3.63) is 29.8 Å². The largest absolute Gasteiger partial charge is 0.494 e. The smallest absolute Gasteiger partial charge is 0.253 e. The van der Waals surface area contributed by atoms with Gasteiger partial charge in [-0.25, -0.2) is 0 Å². The summed E-state index contributed by atoms with van der Waals surface area (Å²) in [6.07, 6.45) is 3.44. The number of nitrogens with zero attached hydrogens (tertiary/aromatic N) is 2. The fourth-order valence-corrected chi connectivity index (χ4v) is 4.14. The van der Waals surface area contributed by atoms with Crippen molar-refractivity contribution in [2.45, 2.75) is 32.6 Å². The lowest BCUT2D eigenvalue weighted by atomic mass is 9.72. The highest BCUT2D eigenvalue weighted by Gasteiger charge is 2.41. The summed E-state index contributed by atoms with van der Waals surface area (Å²) in [5, 5.41) is 0. The first-order valence-electron chi connectivity index (χ1n) is 9.86. The topological polar surface area (TPSA) is 59.1 Å². The molecule has 0 bridgehead atoms. The number of amides is 2. The number of hydrogen-bond donors (Lipinski definition) is 0. The first-order valence-corrected chi connectivity index (χ1v) is 9.86. The van der Waals surface area contributed by atoms with E-state index in [-0.39, 0.29) is 17.2 Å². The highest BCUT2D eigenvalue weighted by Crippen LogP contribution is 2.40. The van der Waals surface area contributed by atoms with Crippen molar-refractivity contribution in [2.75, 3.05) is 46.5 Å². The van der Waals surface area contributed by atoms with E-state index < -0.39 is 0 Å². The Morgan fingerprint density at radius 1 is 1.15 bits per heavy atom. The van der Waals surface area contributed by atoms with Crippen molar-refractivity contribution >= 4 is 11.8 Å². The third-order valence-corrected chi connectivity index (χ3v) is 5.84. The van der Waals surface area contributed by atoms with Crippen LogP contribution in [0.5, 0.6) is 5.75 Å². The summed E-state index contributed by atoms with van der Waals surface area (Å²) in [5.74, 6) is 1.09. The Morgan fingerprint density at radius 2 is 1.85 bits per heavy atom. The summed E-state index contributed by atoms with van der Waals surface area (Å²) < 4.78 is 10.6. The van der Waals surface area contributed by atoms with E-state index in [1.807, 2.05) is 41.0 Å². The minimum Gasteiger partial charge on any atom is -0.494 e. The van der Waals surface area contributed by atoms with Gasteiger partial charge >= 0.3 is 0 Å². The fourth-order valence-electron chi connectivity index (χ4n) is 4.14. The average molecular weight is 374 g/mol. The summed E-state index contributed by atoms with van der Waals surface area (Å²) >= 11 is 0. The number of likely N-dealkylation sites (tertiary alicyclic amines) is 2. The number of benzene rings is 1. The van der Waals surface area contributed by atoms with Crippen LogP contribution in [-0.4, -0.2) is 68.1 Å². The number of rotatable bonds is 6. The van der Waals surface area contributed by atoms with E-state index in [1.54, 1.807) is 7.11 Å². The highest BCUT2D eigenvalue weighted by atomic mass is 16.5. The Labute approximate surface area is 161 Å². The number of carbonyl (C=O) groups excluding carboxylic acids is 2. The molecule has 2 heterocycles. The molecule has 3 rings (SSSR count). The van der Waals surface area contributed by atoms with Crippen LogP contribution in [0.25, 0.3) is 0 Å². The Morgan fingerprint density at radius 3 is 2.48 bits per heavy atom. The van der Waals surface area contributed by atoms with Crippen LogP contribution in [0, 0.1) is 5.41 Å². The van der Waals surface area contributed by atoms with Gasteiger partial charge in [-0.15, -0.1) is 0 Å².